The highest BCUT2D eigenvalue weighted by atomic mass is 16.5. The van der Waals surface area contributed by atoms with Crippen molar-refractivity contribution in [2.75, 3.05) is 26.3 Å². The molecule has 1 saturated heterocycles. The van der Waals surface area contributed by atoms with Crippen LogP contribution in [-0.2, 0) is 24.9 Å². The van der Waals surface area contributed by atoms with E-state index in [9.17, 15) is 9.59 Å². The second kappa shape index (κ2) is 6.05. The predicted molar refractivity (Wildman–Crippen MR) is 82.0 cm³/mol. The van der Waals surface area contributed by atoms with E-state index in [0.29, 0.717) is 37.5 Å². The highest BCUT2D eigenvalue weighted by Gasteiger charge is 2.19. The minimum atomic E-state index is -0.434. The minimum absolute atomic E-state index is 0.368. The van der Waals surface area contributed by atoms with Crippen LogP contribution < -0.4 is 11.2 Å². The highest BCUT2D eigenvalue weighted by Crippen LogP contribution is 2.14. The van der Waals surface area contributed by atoms with Crippen LogP contribution in [0.2, 0.25) is 0 Å². The van der Waals surface area contributed by atoms with Crippen molar-refractivity contribution in [2.24, 2.45) is 7.05 Å². The van der Waals surface area contributed by atoms with Gasteiger partial charge in [-0.15, -0.1) is 0 Å². The lowest BCUT2D eigenvalue weighted by atomic mass is 10.4. The van der Waals surface area contributed by atoms with Gasteiger partial charge >= 0.3 is 5.69 Å². The van der Waals surface area contributed by atoms with Crippen molar-refractivity contribution in [3.05, 3.63) is 26.7 Å². The monoisotopic (exact) mass is 307 g/mol. The van der Waals surface area contributed by atoms with E-state index in [2.05, 4.69) is 21.8 Å². The Morgan fingerprint density at radius 3 is 2.68 bits per heavy atom. The van der Waals surface area contributed by atoms with Crippen LogP contribution in [-0.4, -0.2) is 50.3 Å². The molecule has 8 nitrogen and oxygen atoms in total. The first-order valence-corrected chi connectivity index (χ1v) is 7.60. The Bertz CT molecular complexity index is 782. The van der Waals surface area contributed by atoms with Crippen molar-refractivity contribution in [2.45, 2.75) is 26.4 Å². The van der Waals surface area contributed by atoms with Crippen molar-refractivity contribution in [3.63, 3.8) is 0 Å². The average molecular weight is 307 g/mol. The summed E-state index contributed by atoms with van der Waals surface area (Å²) in [6.07, 6.45) is 0.893. The van der Waals surface area contributed by atoms with Crippen LogP contribution in [0, 0.1) is 0 Å². The Kier molecular flexibility index (Phi) is 4.12. The summed E-state index contributed by atoms with van der Waals surface area (Å²) in [5.74, 6) is 0.824. The van der Waals surface area contributed by atoms with Gasteiger partial charge < -0.3 is 9.30 Å². The Labute approximate surface area is 127 Å². The zero-order valence-electron chi connectivity index (χ0n) is 13.0. The fraction of sp³-hybridized carbons (Fsp3) is 0.643. The maximum absolute atomic E-state index is 12.2. The maximum Gasteiger partial charge on any atom is 0.329 e. The minimum Gasteiger partial charge on any atom is -0.379 e. The summed E-state index contributed by atoms with van der Waals surface area (Å²) in [7, 11) is 1.63. The van der Waals surface area contributed by atoms with E-state index in [1.165, 1.54) is 4.57 Å². The van der Waals surface area contributed by atoms with Gasteiger partial charge in [0.25, 0.3) is 5.56 Å². The summed E-state index contributed by atoms with van der Waals surface area (Å²) < 4.78 is 8.69. The normalized spacial score (nSPS) is 16.5. The molecule has 0 saturated carbocycles. The van der Waals surface area contributed by atoms with Crippen molar-refractivity contribution >= 4 is 11.2 Å². The van der Waals surface area contributed by atoms with Gasteiger partial charge in [0.2, 0.25) is 0 Å². The van der Waals surface area contributed by atoms with Crippen molar-refractivity contribution in [1.82, 2.24) is 24.0 Å². The fourth-order valence-corrected chi connectivity index (χ4v) is 2.82. The number of morpholine rings is 1. The van der Waals surface area contributed by atoms with Crippen LogP contribution in [0.4, 0.5) is 0 Å². The van der Waals surface area contributed by atoms with E-state index in [4.69, 9.17) is 4.74 Å². The first kappa shape index (κ1) is 15.0. The first-order chi connectivity index (χ1) is 10.6. The van der Waals surface area contributed by atoms with E-state index < -0.39 is 5.69 Å². The second-order valence-electron chi connectivity index (χ2n) is 5.56. The number of aromatic amines is 1. The smallest absolute Gasteiger partial charge is 0.329 e. The first-order valence-electron chi connectivity index (χ1n) is 7.60. The summed E-state index contributed by atoms with van der Waals surface area (Å²) >= 11 is 0. The Morgan fingerprint density at radius 2 is 2.00 bits per heavy atom. The molecule has 0 radical (unpaired) electrons. The van der Waals surface area contributed by atoms with Crippen molar-refractivity contribution in [3.8, 4) is 0 Å². The number of rotatable bonds is 4. The molecule has 0 aromatic carbocycles. The molecule has 3 heterocycles. The molecule has 0 unspecified atom stereocenters. The molecular weight excluding hydrogens is 286 g/mol. The summed E-state index contributed by atoms with van der Waals surface area (Å²) in [6, 6.07) is 0. The Balaban J connectivity index is 2.10. The fourth-order valence-electron chi connectivity index (χ4n) is 2.82. The molecule has 1 N–H and O–H groups in total. The molecule has 0 atom stereocenters. The number of aryl methyl sites for hydroxylation is 2. The van der Waals surface area contributed by atoms with Gasteiger partial charge in [0, 0.05) is 26.7 Å². The van der Waals surface area contributed by atoms with Crippen LogP contribution >= 0.6 is 0 Å². The molecule has 8 heteroatoms. The number of aromatic nitrogens is 4. The van der Waals surface area contributed by atoms with Gasteiger partial charge in [0.05, 0.1) is 19.8 Å². The number of hydrogen-bond acceptors (Lipinski definition) is 5. The van der Waals surface area contributed by atoms with Crippen LogP contribution in [0.15, 0.2) is 9.59 Å². The number of ether oxygens (including phenoxy) is 1. The van der Waals surface area contributed by atoms with Crippen molar-refractivity contribution in [1.29, 1.82) is 0 Å². The summed E-state index contributed by atoms with van der Waals surface area (Å²) in [5.41, 5.74) is 0.126. The molecule has 22 heavy (non-hydrogen) atoms. The van der Waals surface area contributed by atoms with Crippen LogP contribution in [0.25, 0.3) is 11.2 Å². The number of nitrogens with zero attached hydrogens (tertiary/aromatic N) is 4. The van der Waals surface area contributed by atoms with Gasteiger partial charge in [-0.25, -0.2) is 9.78 Å². The SMILES string of the molecule is CCCn1c(CN2CCOCC2)nc2c1c(=O)[nH]c(=O)n2C. The Hall–Kier alpha value is -1.93. The van der Waals surface area contributed by atoms with Gasteiger partial charge in [0.15, 0.2) is 11.2 Å². The molecule has 1 fully saturated rings. The quantitative estimate of drug-likeness (QED) is 0.836. The van der Waals surface area contributed by atoms with Crippen LogP contribution in [0.3, 0.4) is 0 Å². The van der Waals surface area contributed by atoms with Gasteiger partial charge in [-0.3, -0.25) is 19.2 Å². The largest absolute Gasteiger partial charge is 0.379 e. The molecule has 0 bridgehead atoms. The summed E-state index contributed by atoms with van der Waals surface area (Å²) in [5, 5.41) is 0. The third kappa shape index (κ3) is 2.59. The molecular formula is C14H21N5O3. The molecule has 1 aliphatic heterocycles. The van der Waals surface area contributed by atoms with Gasteiger partial charge in [0.1, 0.15) is 5.82 Å². The van der Waals surface area contributed by atoms with E-state index in [1.807, 2.05) is 4.57 Å². The molecule has 0 amide bonds. The predicted octanol–water partition coefficient (Wildman–Crippen LogP) is -0.334. The Morgan fingerprint density at radius 1 is 1.27 bits per heavy atom. The number of hydrogen-bond donors (Lipinski definition) is 1. The number of fused-ring (bicyclic) bond motifs is 1. The topological polar surface area (TPSA) is 85.2 Å². The standard InChI is InChI=1S/C14H21N5O3/c1-3-4-19-10(9-18-5-7-22-8-6-18)15-12-11(19)13(20)16-14(21)17(12)2/h3-9H2,1-2H3,(H,16,20,21). The van der Waals surface area contributed by atoms with E-state index in [-0.39, 0.29) is 5.56 Å². The molecule has 3 rings (SSSR count). The third-order valence-electron chi connectivity index (χ3n) is 4.00. The zero-order chi connectivity index (χ0) is 15.7. The van der Waals surface area contributed by atoms with Gasteiger partial charge in [-0.05, 0) is 6.42 Å². The molecule has 0 spiro atoms. The molecule has 1 aliphatic rings. The third-order valence-corrected chi connectivity index (χ3v) is 4.00. The van der Waals surface area contributed by atoms with Crippen LogP contribution in [0.5, 0.6) is 0 Å². The van der Waals surface area contributed by atoms with Crippen molar-refractivity contribution < 1.29 is 4.74 Å². The van der Waals surface area contributed by atoms with E-state index >= 15 is 0 Å². The lowest BCUT2D eigenvalue weighted by molar-refractivity contribution is 0.0326. The summed E-state index contributed by atoms with van der Waals surface area (Å²) in [4.78, 5) is 33.1. The lowest BCUT2D eigenvalue weighted by Crippen LogP contribution is -2.36. The molecule has 0 aliphatic carbocycles. The average Bonchev–Trinajstić information content (AvgIpc) is 2.86. The van der Waals surface area contributed by atoms with Gasteiger partial charge in [-0.1, -0.05) is 6.92 Å². The number of nitrogens with one attached hydrogen (secondary N) is 1. The summed E-state index contributed by atoms with van der Waals surface area (Å²) in [6.45, 7) is 6.55. The molecule has 2 aromatic heterocycles. The second-order valence-corrected chi connectivity index (χ2v) is 5.56. The number of imidazole rings is 1. The van der Waals surface area contributed by atoms with Gasteiger partial charge in [-0.2, -0.15) is 0 Å². The molecule has 2 aromatic rings. The van der Waals surface area contributed by atoms with Crippen LogP contribution in [0.1, 0.15) is 19.2 Å². The maximum atomic E-state index is 12.2. The zero-order valence-corrected chi connectivity index (χ0v) is 13.0. The van der Waals surface area contributed by atoms with E-state index in [0.717, 1.165) is 25.3 Å². The lowest BCUT2D eigenvalue weighted by Gasteiger charge is -2.26. The van der Waals surface area contributed by atoms with E-state index in [1.54, 1.807) is 7.05 Å². The number of H-pyrrole nitrogens is 1. The highest BCUT2D eigenvalue weighted by molar-refractivity contribution is 5.70. The molecule has 120 valence electrons.